The molecule has 0 unspecified atom stereocenters. The Labute approximate surface area is 269 Å². The van der Waals surface area contributed by atoms with Gasteiger partial charge in [-0.1, -0.05) is 29.3 Å². The number of carbonyl (C=O) groups excluding carboxylic acids is 3. The molecule has 1 N–H and O–H groups in total. The van der Waals surface area contributed by atoms with E-state index in [2.05, 4.69) is 27.9 Å². The molecule has 2 aliphatic heterocycles. The Bertz CT molecular complexity index is 1630. The fraction of sp³-hybridized carbons (Fsp3) is 0.207. The fourth-order valence-corrected chi connectivity index (χ4v) is 6.13. The average molecular weight is 741 g/mol. The van der Waals surface area contributed by atoms with Gasteiger partial charge in [0.15, 0.2) is 29.6 Å². The van der Waals surface area contributed by atoms with Crippen LogP contribution in [0.5, 0.6) is 23.0 Å². The van der Waals surface area contributed by atoms with Gasteiger partial charge in [-0.2, -0.15) is 0 Å². The molecule has 1 fully saturated rings. The van der Waals surface area contributed by atoms with Gasteiger partial charge in [-0.25, -0.2) is 0 Å². The number of thioether (sulfide) groups is 1. The molecule has 0 spiro atoms. The molecule has 0 bridgehead atoms. The Kier molecular flexibility index (Phi) is 9.41. The molecule has 2 aliphatic rings. The molecule has 9 nitrogen and oxygen atoms in total. The number of ether oxygens (including phenoxy) is 4. The van der Waals surface area contributed by atoms with E-state index in [0.29, 0.717) is 60.0 Å². The van der Waals surface area contributed by atoms with Crippen molar-refractivity contribution in [2.45, 2.75) is 20.4 Å². The first-order valence-corrected chi connectivity index (χ1v) is 15.3. The molecule has 2 heterocycles. The number of fused-ring (bicyclic) bond motifs is 1. The second kappa shape index (κ2) is 13.0. The normalized spacial score (nSPS) is 15.0. The topological polar surface area (TPSA) is 103 Å². The monoisotopic (exact) mass is 740 g/mol. The van der Waals surface area contributed by atoms with Crippen LogP contribution in [0.1, 0.15) is 23.6 Å². The Morgan fingerprint density at radius 3 is 2.60 bits per heavy atom. The van der Waals surface area contributed by atoms with Gasteiger partial charge in [0.25, 0.3) is 17.1 Å². The number of carbonyl (C=O) groups is 3. The molecular weight excluding hydrogens is 718 g/mol. The summed E-state index contributed by atoms with van der Waals surface area (Å²) >= 11 is 15.4. The minimum absolute atomic E-state index is 0.0111. The van der Waals surface area contributed by atoms with Crippen molar-refractivity contribution in [2.75, 3.05) is 25.3 Å². The number of hydrogen-bond acceptors (Lipinski definition) is 8. The highest BCUT2D eigenvalue weighted by atomic mass is 127. The number of rotatable bonds is 9. The molecule has 0 aromatic heterocycles. The first kappa shape index (κ1) is 30.3. The van der Waals surface area contributed by atoms with E-state index in [4.69, 9.17) is 42.1 Å². The summed E-state index contributed by atoms with van der Waals surface area (Å²) in [4.78, 5) is 39.9. The number of anilines is 1. The van der Waals surface area contributed by atoms with Gasteiger partial charge in [0.1, 0.15) is 0 Å². The SMILES string of the molecule is CCOc1cc(/C=C2\SC(=O)N(Cc3cc4c(cc3Cl)OCO4)C2=O)cc(I)c1OCC(=O)Nc1ccc(C)c(Cl)c1. The van der Waals surface area contributed by atoms with Crippen LogP contribution in [0.15, 0.2) is 47.4 Å². The van der Waals surface area contributed by atoms with Crippen LogP contribution >= 0.6 is 57.6 Å². The van der Waals surface area contributed by atoms with Gasteiger partial charge in [0, 0.05) is 21.8 Å². The van der Waals surface area contributed by atoms with Gasteiger partial charge < -0.3 is 24.3 Å². The molecule has 0 aliphatic carbocycles. The van der Waals surface area contributed by atoms with E-state index in [0.717, 1.165) is 22.2 Å². The lowest BCUT2D eigenvalue weighted by Gasteiger charge is -2.15. The molecule has 3 amide bonds. The van der Waals surface area contributed by atoms with Crippen molar-refractivity contribution in [1.29, 1.82) is 0 Å². The summed E-state index contributed by atoms with van der Waals surface area (Å²) in [6.45, 7) is 3.85. The zero-order chi connectivity index (χ0) is 30.0. The molecule has 1 saturated heterocycles. The zero-order valence-corrected chi connectivity index (χ0v) is 26.8. The summed E-state index contributed by atoms with van der Waals surface area (Å²) in [5, 5.41) is 3.26. The zero-order valence-electron chi connectivity index (χ0n) is 22.3. The van der Waals surface area contributed by atoms with Crippen LogP contribution in [0.4, 0.5) is 10.5 Å². The first-order valence-electron chi connectivity index (χ1n) is 12.6. The van der Waals surface area contributed by atoms with E-state index in [-0.39, 0.29) is 30.8 Å². The van der Waals surface area contributed by atoms with E-state index < -0.39 is 11.1 Å². The van der Waals surface area contributed by atoms with Crippen molar-refractivity contribution >= 4 is 86.4 Å². The van der Waals surface area contributed by atoms with E-state index in [1.54, 1.807) is 42.5 Å². The lowest BCUT2D eigenvalue weighted by atomic mass is 10.1. The van der Waals surface area contributed by atoms with Crippen molar-refractivity contribution < 1.29 is 33.3 Å². The lowest BCUT2D eigenvalue weighted by molar-refractivity contribution is -0.123. The minimum atomic E-state index is -0.445. The smallest absolute Gasteiger partial charge is 0.293 e. The van der Waals surface area contributed by atoms with Crippen LogP contribution in [0, 0.1) is 10.5 Å². The van der Waals surface area contributed by atoms with E-state index in [9.17, 15) is 14.4 Å². The molecule has 3 aromatic rings. The highest BCUT2D eigenvalue weighted by Crippen LogP contribution is 2.40. The standard InChI is InChI=1S/C29H23Cl2IN2O7S/c1-3-38-24-7-16(6-21(32)27(24)39-13-26(35)33-18-5-4-15(2)19(30)10-18)8-25-28(36)34(29(37)42-25)12-17-9-22-23(11-20(17)31)41-14-40-22/h4-11H,3,12-14H2,1-2H3,(H,33,35)/b25-8-. The maximum atomic E-state index is 13.2. The molecular formula is C29H23Cl2IN2O7S. The molecule has 218 valence electrons. The number of halogens is 3. The van der Waals surface area contributed by atoms with E-state index >= 15 is 0 Å². The predicted molar refractivity (Wildman–Crippen MR) is 170 cm³/mol. The summed E-state index contributed by atoms with van der Waals surface area (Å²) in [5.41, 5.74) is 2.65. The van der Waals surface area contributed by atoms with Crippen molar-refractivity contribution in [3.05, 3.63) is 77.7 Å². The van der Waals surface area contributed by atoms with Crippen LogP contribution in [0.3, 0.4) is 0 Å². The van der Waals surface area contributed by atoms with E-state index in [1.807, 2.05) is 19.9 Å². The molecule has 3 aromatic carbocycles. The summed E-state index contributed by atoms with van der Waals surface area (Å²) in [6.07, 6.45) is 1.62. The van der Waals surface area contributed by atoms with Crippen molar-refractivity contribution in [3.63, 3.8) is 0 Å². The number of nitrogens with one attached hydrogen (secondary N) is 1. The molecule has 0 radical (unpaired) electrons. The second-order valence-electron chi connectivity index (χ2n) is 9.13. The van der Waals surface area contributed by atoms with Gasteiger partial charge in [0.05, 0.1) is 21.6 Å². The Hall–Kier alpha value is -3.13. The molecule has 0 saturated carbocycles. The summed E-state index contributed by atoms with van der Waals surface area (Å²) < 4.78 is 23.0. The van der Waals surface area contributed by atoms with Crippen LogP contribution in [-0.4, -0.2) is 42.0 Å². The molecule has 0 atom stereocenters. The summed E-state index contributed by atoms with van der Waals surface area (Å²) in [5.74, 6) is 0.995. The Morgan fingerprint density at radius 1 is 1.10 bits per heavy atom. The number of nitrogens with zero attached hydrogens (tertiary/aromatic N) is 1. The first-order chi connectivity index (χ1) is 20.1. The fourth-order valence-electron chi connectivity index (χ4n) is 4.12. The van der Waals surface area contributed by atoms with Gasteiger partial charge in [-0.3, -0.25) is 19.3 Å². The Morgan fingerprint density at radius 2 is 1.86 bits per heavy atom. The van der Waals surface area contributed by atoms with Gasteiger partial charge >= 0.3 is 0 Å². The molecule has 13 heteroatoms. The largest absolute Gasteiger partial charge is 0.490 e. The van der Waals surface area contributed by atoms with Crippen LogP contribution < -0.4 is 24.3 Å². The van der Waals surface area contributed by atoms with Crippen LogP contribution in [-0.2, 0) is 16.1 Å². The Balaban J connectivity index is 1.30. The third-order valence-corrected chi connectivity index (χ3v) is 8.64. The summed E-state index contributed by atoms with van der Waals surface area (Å²) in [6, 6.07) is 12.0. The average Bonchev–Trinajstić information content (AvgIpc) is 3.49. The number of benzene rings is 3. The third-order valence-electron chi connectivity index (χ3n) is 6.18. The predicted octanol–water partition coefficient (Wildman–Crippen LogP) is 7.29. The van der Waals surface area contributed by atoms with Crippen LogP contribution in [0.25, 0.3) is 6.08 Å². The second-order valence-corrected chi connectivity index (χ2v) is 12.1. The quantitative estimate of drug-likeness (QED) is 0.180. The number of hydrogen-bond donors (Lipinski definition) is 1. The highest BCUT2D eigenvalue weighted by molar-refractivity contribution is 14.1. The number of aryl methyl sites for hydroxylation is 1. The number of imide groups is 1. The van der Waals surface area contributed by atoms with Crippen molar-refractivity contribution in [2.24, 2.45) is 0 Å². The van der Waals surface area contributed by atoms with Gasteiger partial charge in [0.2, 0.25) is 6.79 Å². The molecule has 5 rings (SSSR count). The van der Waals surface area contributed by atoms with Gasteiger partial charge in [-0.05, 0) is 101 Å². The highest BCUT2D eigenvalue weighted by Gasteiger charge is 2.36. The van der Waals surface area contributed by atoms with Crippen molar-refractivity contribution in [3.8, 4) is 23.0 Å². The van der Waals surface area contributed by atoms with E-state index in [1.165, 1.54) is 0 Å². The lowest BCUT2D eigenvalue weighted by Crippen LogP contribution is -2.27. The van der Waals surface area contributed by atoms with Crippen LogP contribution in [0.2, 0.25) is 10.0 Å². The maximum Gasteiger partial charge on any atom is 0.293 e. The minimum Gasteiger partial charge on any atom is -0.490 e. The summed E-state index contributed by atoms with van der Waals surface area (Å²) in [7, 11) is 0. The molecule has 42 heavy (non-hydrogen) atoms. The van der Waals surface area contributed by atoms with Gasteiger partial charge in [-0.15, -0.1) is 0 Å². The maximum absolute atomic E-state index is 13.2. The van der Waals surface area contributed by atoms with Crippen molar-refractivity contribution in [1.82, 2.24) is 4.90 Å². The number of amides is 3. The third kappa shape index (κ3) is 6.74.